The van der Waals surface area contributed by atoms with E-state index < -0.39 is 0 Å². The fourth-order valence-corrected chi connectivity index (χ4v) is 2.91. The normalized spacial score (nSPS) is 20.0. The van der Waals surface area contributed by atoms with Gasteiger partial charge in [-0.25, -0.2) is 0 Å². The number of aryl methyl sites for hydroxylation is 2. The summed E-state index contributed by atoms with van der Waals surface area (Å²) in [7, 11) is 0. The van der Waals surface area contributed by atoms with Crippen LogP contribution in [0.1, 0.15) is 62.6 Å². The van der Waals surface area contributed by atoms with Crippen molar-refractivity contribution in [1.82, 2.24) is 10.5 Å². The Labute approximate surface area is 104 Å². The lowest BCUT2D eigenvalue weighted by Gasteiger charge is -2.30. The Bertz CT molecular complexity index is 349. The number of nitrogens with one attached hydrogen (secondary N) is 1. The quantitative estimate of drug-likeness (QED) is 0.850. The van der Waals surface area contributed by atoms with Crippen LogP contribution in [0.5, 0.6) is 0 Å². The van der Waals surface area contributed by atoms with Crippen molar-refractivity contribution in [1.29, 1.82) is 0 Å². The third kappa shape index (κ3) is 2.89. The second-order valence-corrected chi connectivity index (χ2v) is 5.56. The first-order valence-electron chi connectivity index (χ1n) is 6.76. The molecule has 2 atom stereocenters. The molecule has 1 aromatic heterocycles. The minimum atomic E-state index is 0.330. The molecule has 1 N–H and O–H groups in total. The van der Waals surface area contributed by atoms with Gasteiger partial charge in [0.25, 0.3) is 0 Å². The zero-order valence-electron chi connectivity index (χ0n) is 11.4. The van der Waals surface area contributed by atoms with Gasteiger partial charge in [0.1, 0.15) is 5.76 Å². The van der Waals surface area contributed by atoms with Crippen LogP contribution in [0.3, 0.4) is 0 Å². The summed E-state index contributed by atoms with van der Waals surface area (Å²) in [5.41, 5.74) is 2.24. The van der Waals surface area contributed by atoms with E-state index in [-0.39, 0.29) is 0 Å². The molecule has 0 amide bonds. The zero-order chi connectivity index (χ0) is 12.4. The van der Waals surface area contributed by atoms with Gasteiger partial charge in [-0.2, -0.15) is 0 Å². The van der Waals surface area contributed by atoms with Gasteiger partial charge in [-0.3, -0.25) is 0 Å². The highest BCUT2D eigenvalue weighted by atomic mass is 16.5. The van der Waals surface area contributed by atoms with Crippen LogP contribution in [0.15, 0.2) is 4.52 Å². The molecule has 17 heavy (non-hydrogen) atoms. The van der Waals surface area contributed by atoms with Crippen molar-refractivity contribution >= 4 is 0 Å². The summed E-state index contributed by atoms with van der Waals surface area (Å²) in [6.45, 7) is 8.49. The highest BCUT2D eigenvalue weighted by molar-refractivity contribution is 5.24. The lowest BCUT2D eigenvalue weighted by atomic mass is 9.81. The van der Waals surface area contributed by atoms with Gasteiger partial charge in [0.05, 0.1) is 5.69 Å². The SMILES string of the molecule is Cc1noc(C)c1C(C)NC(C)CC1CCC1. The van der Waals surface area contributed by atoms with Crippen LogP contribution in [-0.2, 0) is 0 Å². The molecular weight excluding hydrogens is 212 g/mol. The van der Waals surface area contributed by atoms with Crippen molar-refractivity contribution in [3.05, 3.63) is 17.0 Å². The van der Waals surface area contributed by atoms with Crippen molar-refractivity contribution in [3.8, 4) is 0 Å². The van der Waals surface area contributed by atoms with Crippen molar-refractivity contribution in [3.63, 3.8) is 0 Å². The number of hydrogen-bond donors (Lipinski definition) is 1. The molecule has 1 aromatic rings. The van der Waals surface area contributed by atoms with Gasteiger partial charge in [-0.05, 0) is 40.0 Å². The molecule has 96 valence electrons. The van der Waals surface area contributed by atoms with E-state index >= 15 is 0 Å². The molecule has 2 rings (SSSR count). The Hall–Kier alpha value is -0.830. The van der Waals surface area contributed by atoms with Crippen LogP contribution in [0.4, 0.5) is 0 Å². The lowest BCUT2D eigenvalue weighted by Crippen LogP contribution is -2.32. The topological polar surface area (TPSA) is 38.1 Å². The number of hydrogen-bond acceptors (Lipinski definition) is 3. The molecule has 3 heteroatoms. The van der Waals surface area contributed by atoms with Crippen LogP contribution in [0, 0.1) is 19.8 Å². The zero-order valence-corrected chi connectivity index (χ0v) is 11.4. The average Bonchev–Trinajstić information content (AvgIpc) is 2.52. The lowest BCUT2D eigenvalue weighted by molar-refractivity contribution is 0.259. The van der Waals surface area contributed by atoms with Crippen LogP contribution in [0.2, 0.25) is 0 Å². The maximum atomic E-state index is 5.22. The Morgan fingerprint density at radius 2 is 2.06 bits per heavy atom. The fraction of sp³-hybridized carbons (Fsp3) is 0.786. The Balaban J connectivity index is 1.89. The first-order chi connectivity index (χ1) is 8.08. The molecule has 1 aliphatic rings. The molecule has 1 fully saturated rings. The van der Waals surface area contributed by atoms with Crippen LogP contribution < -0.4 is 5.32 Å². The molecule has 0 radical (unpaired) electrons. The molecule has 0 bridgehead atoms. The summed E-state index contributed by atoms with van der Waals surface area (Å²) >= 11 is 0. The standard InChI is InChI=1S/C14H24N2O/c1-9(8-13-6-5-7-13)15-10(2)14-11(3)16-17-12(14)4/h9-10,13,15H,5-8H2,1-4H3. The van der Waals surface area contributed by atoms with E-state index in [2.05, 4.69) is 24.3 Å². The Kier molecular flexibility index (Phi) is 3.87. The van der Waals surface area contributed by atoms with Gasteiger partial charge in [0.2, 0.25) is 0 Å². The summed E-state index contributed by atoms with van der Waals surface area (Å²) in [6.07, 6.45) is 5.57. The maximum Gasteiger partial charge on any atom is 0.138 e. The molecule has 3 nitrogen and oxygen atoms in total. The molecule has 0 aromatic carbocycles. The minimum absolute atomic E-state index is 0.330. The first-order valence-corrected chi connectivity index (χ1v) is 6.76. The summed E-state index contributed by atoms with van der Waals surface area (Å²) in [4.78, 5) is 0. The van der Waals surface area contributed by atoms with Crippen LogP contribution in [0.25, 0.3) is 0 Å². The van der Waals surface area contributed by atoms with E-state index in [1.165, 1.54) is 31.2 Å². The van der Waals surface area contributed by atoms with Gasteiger partial charge in [0, 0.05) is 17.6 Å². The van der Waals surface area contributed by atoms with Gasteiger partial charge in [-0.1, -0.05) is 24.4 Å². The maximum absolute atomic E-state index is 5.22. The van der Waals surface area contributed by atoms with E-state index in [0.717, 1.165) is 17.4 Å². The Morgan fingerprint density at radius 1 is 1.35 bits per heavy atom. The monoisotopic (exact) mass is 236 g/mol. The van der Waals surface area contributed by atoms with E-state index in [0.29, 0.717) is 12.1 Å². The van der Waals surface area contributed by atoms with E-state index in [9.17, 15) is 0 Å². The molecule has 0 spiro atoms. The number of nitrogens with zero attached hydrogens (tertiary/aromatic N) is 1. The second kappa shape index (κ2) is 5.21. The summed E-state index contributed by atoms with van der Waals surface area (Å²) in [5.74, 6) is 1.90. The van der Waals surface area contributed by atoms with E-state index in [1.54, 1.807) is 0 Å². The highest BCUT2D eigenvalue weighted by Crippen LogP contribution is 2.31. The van der Waals surface area contributed by atoms with Crippen molar-refractivity contribution in [2.75, 3.05) is 0 Å². The predicted octanol–water partition coefficient (Wildman–Crippen LogP) is 3.52. The molecule has 2 unspecified atom stereocenters. The Morgan fingerprint density at radius 3 is 2.53 bits per heavy atom. The van der Waals surface area contributed by atoms with Crippen molar-refractivity contribution < 1.29 is 4.52 Å². The molecule has 0 saturated heterocycles. The third-order valence-corrected chi connectivity index (χ3v) is 3.97. The summed E-state index contributed by atoms with van der Waals surface area (Å²) in [6, 6.07) is 0.903. The fourth-order valence-electron chi connectivity index (χ4n) is 2.91. The van der Waals surface area contributed by atoms with Gasteiger partial charge in [-0.15, -0.1) is 0 Å². The average molecular weight is 236 g/mol. The van der Waals surface area contributed by atoms with Crippen molar-refractivity contribution in [2.45, 2.75) is 65.5 Å². The minimum Gasteiger partial charge on any atom is -0.361 e. The summed E-state index contributed by atoms with van der Waals surface area (Å²) < 4.78 is 5.22. The molecule has 0 aliphatic heterocycles. The largest absolute Gasteiger partial charge is 0.361 e. The first kappa shape index (κ1) is 12.6. The highest BCUT2D eigenvalue weighted by Gasteiger charge is 2.22. The van der Waals surface area contributed by atoms with Crippen LogP contribution >= 0.6 is 0 Å². The summed E-state index contributed by atoms with van der Waals surface area (Å²) in [5, 5.41) is 7.68. The molecule has 1 aliphatic carbocycles. The van der Waals surface area contributed by atoms with Gasteiger partial charge >= 0.3 is 0 Å². The number of aromatic nitrogens is 1. The molecule has 1 saturated carbocycles. The van der Waals surface area contributed by atoms with Crippen LogP contribution in [-0.4, -0.2) is 11.2 Å². The van der Waals surface area contributed by atoms with Gasteiger partial charge < -0.3 is 9.84 Å². The van der Waals surface area contributed by atoms with Gasteiger partial charge in [0.15, 0.2) is 0 Å². The number of rotatable bonds is 5. The predicted molar refractivity (Wildman–Crippen MR) is 68.9 cm³/mol. The van der Waals surface area contributed by atoms with E-state index in [1.807, 2.05) is 13.8 Å². The molecule has 1 heterocycles. The smallest absolute Gasteiger partial charge is 0.138 e. The molecular formula is C14H24N2O. The second-order valence-electron chi connectivity index (χ2n) is 5.56. The van der Waals surface area contributed by atoms with E-state index in [4.69, 9.17) is 4.52 Å². The third-order valence-electron chi connectivity index (χ3n) is 3.97. The van der Waals surface area contributed by atoms with Crippen molar-refractivity contribution in [2.24, 2.45) is 5.92 Å².